The number of likely N-dealkylation sites (N-methyl/N-ethyl adjacent to an activating group) is 1. The lowest BCUT2D eigenvalue weighted by molar-refractivity contribution is -0.151. The number of carbonyl (C=O) groups is 2. The fourth-order valence-corrected chi connectivity index (χ4v) is 5.12. The van der Waals surface area contributed by atoms with Crippen molar-refractivity contribution < 1.29 is 22.7 Å². The van der Waals surface area contributed by atoms with Crippen molar-refractivity contribution in [2.75, 3.05) is 26.7 Å². The third-order valence-corrected chi connectivity index (χ3v) is 7.45. The third kappa shape index (κ3) is 6.64. The maximum Gasteiger partial charge on any atom is 0.306 e. The molecule has 0 bridgehead atoms. The lowest BCUT2D eigenvalue weighted by Crippen LogP contribution is -2.35. The lowest BCUT2D eigenvalue weighted by atomic mass is 10.1. The highest BCUT2D eigenvalue weighted by atomic mass is 32.2. The Balaban J connectivity index is 1.43. The zero-order valence-electron chi connectivity index (χ0n) is 18.4. The van der Waals surface area contributed by atoms with E-state index in [1.807, 2.05) is 30.3 Å². The summed E-state index contributed by atoms with van der Waals surface area (Å²) in [5.74, 6) is -0.731. The first-order valence-corrected chi connectivity index (χ1v) is 12.3. The molecule has 0 aliphatic carbocycles. The molecule has 1 saturated heterocycles. The number of nitrogens with zero attached hydrogens (tertiary/aromatic N) is 2. The van der Waals surface area contributed by atoms with Crippen molar-refractivity contribution >= 4 is 21.9 Å². The molecule has 3 rings (SSSR count). The van der Waals surface area contributed by atoms with E-state index in [1.165, 1.54) is 9.21 Å². The number of piperidine rings is 1. The van der Waals surface area contributed by atoms with E-state index in [9.17, 15) is 18.0 Å². The highest BCUT2D eigenvalue weighted by Crippen LogP contribution is 2.21. The molecule has 2 aromatic rings. The first-order valence-electron chi connectivity index (χ1n) is 10.9. The van der Waals surface area contributed by atoms with Crippen LogP contribution in [-0.2, 0) is 37.3 Å². The summed E-state index contributed by atoms with van der Waals surface area (Å²) in [4.78, 5) is 26.0. The lowest BCUT2D eigenvalue weighted by Gasteiger charge is -2.25. The van der Waals surface area contributed by atoms with Gasteiger partial charge in [-0.15, -0.1) is 0 Å². The third-order valence-electron chi connectivity index (χ3n) is 5.54. The van der Waals surface area contributed by atoms with Gasteiger partial charge in [0.1, 0.15) is 0 Å². The molecule has 0 saturated carbocycles. The van der Waals surface area contributed by atoms with E-state index in [4.69, 9.17) is 4.74 Å². The Kier molecular flexibility index (Phi) is 8.41. The fraction of sp³-hybridized carbons (Fsp3) is 0.417. The molecule has 0 spiro atoms. The summed E-state index contributed by atoms with van der Waals surface area (Å²) in [6.45, 7) is 1.28. The number of hydrogen-bond acceptors (Lipinski definition) is 5. The van der Waals surface area contributed by atoms with Gasteiger partial charge in [-0.1, -0.05) is 48.9 Å². The molecule has 0 aromatic heterocycles. The number of sulfonamides is 1. The van der Waals surface area contributed by atoms with Gasteiger partial charge >= 0.3 is 5.97 Å². The number of ether oxygens (including phenoxy) is 1. The zero-order valence-corrected chi connectivity index (χ0v) is 19.2. The molecule has 1 amide bonds. The predicted octanol–water partition coefficient (Wildman–Crippen LogP) is 3.00. The molecule has 1 aliphatic heterocycles. The Morgan fingerprint density at radius 3 is 2.25 bits per heavy atom. The zero-order chi connectivity index (χ0) is 23.0. The fourth-order valence-electron chi connectivity index (χ4n) is 3.60. The van der Waals surface area contributed by atoms with Gasteiger partial charge in [-0.05, 0) is 42.5 Å². The number of amides is 1. The molecule has 2 aromatic carbocycles. The maximum absolute atomic E-state index is 12.7. The average molecular weight is 459 g/mol. The second-order valence-electron chi connectivity index (χ2n) is 8.00. The van der Waals surface area contributed by atoms with E-state index in [0.717, 1.165) is 30.4 Å². The highest BCUT2D eigenvalue weighted by Gasteiger charge is 2.25. The van der Waals surface area contributed by atoms with Gasteiger partial charge in [0, 0.05) is 33.1 Å². The Labute approximate surface area is 190 Å². The van der Waals surface area contributed by atoms with Gasteiger partial charge in [0.25, 0.3) is 5.91 Å². The minimum absolute atomic E-state index is 0.119. The quantitative estimate of drug-likeness (QED) is 0.540. The maximum atomic E-state index is 12.7. The molecule has 0 atom stereocenters. The van der Waals surface area contributed by atoms with Crippen LogP contribution in [0.3, 0.4) is 0 Å². The van der Waals surface area contributed by atoms with Crippen molar-refractivity contribution in [1.82, 2.24) is 9.21 Å². The van der Waals surface area contributed by atoms with E-state index in [-0.39, 0.29) is 23.8 Å². The Hall–Kier alpha value is -2.71. The number of aryl methyl sites for hydroxylation is 1. The number of carbonyl (C=O) groups excluding carboxylic acids is 2. The minimum Gasteiger partial charge on any atom is -0.456 e. The Bertz CT molecular complexity index is 1000. The van der Waals surface area contributed by atoms with E-state index in [1.54, 1.807) is 31.3 Å². The van der Waals surface area contributed by atoms with Gasteiger partial charge < -0.3 is 9.64 Å². The second kappa shape index (κ2) is 11.2. The summed E-state index contributed by atoms with van der Waals surface area (Å²) in [6, 6.07) is 16.2. The molecule has 1 heterocycles. The topological polar surface area (TPSA) is 84.0 Å². The molecule has 0 unspecified atom stereocenters. The monoisotopic (exact) mass is 458 g/mol. The Morgan fingerprint density at radius 2 is 1.59 bits per heavy atom. The molecule has 7 nitrogen and oxygen atoms in total. The van der Waals surface area contributed by atoms with Crippen LogP contribution in [0.4, 0.5) is 0 Å². The van der Waals surface area contributed by atoms with Crippen LogP contribution in [0.15, 0.2) is 59.5 Å². The summed E-state index contributed by atoms with van der Waals surface area (Å²) in [5.41, 5.74) is 1.84. The summed E-state index contributed by atoms with van der Waals surface area (Å²) in [7, 11) is -1.79. The van der Waals surface area contributed by atoms with Crippen LogP contribution < -0.4 is 0 Å². The molecule has 0 N–H and O–H groups in total. The van der Waals surface area contributed by atoms with Gasteiger partial charge in [-0.3, -0.25) is 9.59 Å². The first-order chi connectivity index (χ1) is 15.4. The minimum atomic E-state index is -3.46. The molecular formula is C24H30N2O5S. The van der Waals surface area contributed by atoms with Gasteiger partial charge in [0.05, 0.1) is 4.90 Å². The number of hydrogen-bond donors (Lipinski definition) is 0. The van der Waals surface area contributed by atoms with E-state index >= 15 is 0 Å². The summed E-state index contributed by atoms with van der Waals surface area (Å²) < 4.78 is 32.0. The molecule has 1 aliphatic rings. The second-order valence-corrected chi connectivity index (χ2v) is 9.94. The molecule has 0 radical (unpaired) electrons. The van der Waals surface area contributed by atoms with Crippen LogP contribution in [-0.4, -0.2) is 56.2 Å². The molecule has 1 fully saturated rings. The smallest absolute Gasteiger partial charge is 0.306 e. The van der Waals surface area contributed by atoms with Crippen LogP contribution in [0.5, 0.6) is 0 Å². The van der Waals surface area contributed by atoms with Crippen molar-refractivity contribution in [3.8, 4) is 0 Å². The Morgan fingerprint density at radius 1 is 0.938 bits per heavy atom. The predicted molar refractivity (Wildman–Crippen MR) is 121 cm³/mol. The van der Waals surface area contributed by atoms with E-state index < -0.39 is 16.0 Å². The SMILES string of the molecule is CN(Cc1ccccc1)C(=O)COC(=O)CCc1ccc(S(=O)(=O)N2CCCCC2)cc1. The molecule has 32 heavy (non-hydrogen) atoms. The van der Waals surface area contributed by atoms with Crippen LogP contribution in [0.25, 0.3) is 0 Å². The summed E-state index contributed by atoms with van der Waals surface area (Å²) in [6.07, 6.45) is 3.38. The van der Waals surface area contributed by atoms with Gasteiger partial charge in [-0.2, -0.15) is 4.31 Å². The van der Waals surface area contributed by atoms with E-state index in [0.29, 0.717) is 26.1 Å². The average Bonchev–Trinajstić information content (AvgIpc) is 2.82. The van der Waals surface area contributed by atoms with E-state index in [2.05, 4.69) is 0 Å². The van der Waals surface area contributed by atoms with Crippen LogP contribution >= 0.6 is 0 Å². The summed E-state index contributed by atoms with van der Waals surface area (Å²) >= 11 is 0. The van der Waals surface area contributed by atoms with Crippen molar-refractivity contribution in [2.24, 2.45) is 0 Å². The van der Waals surface area contributed by atoms with Gasteiger partial charge in [-0.25, -0.2) is 8.42 Å². The van der Waals surface area contributed by atoms with Gasteiger partial charge in [0.2, 0.25) is 10.0 Å². The number of rotatable bonds is 9. The first kappa shape index (κ1) is 23.9. The van der Waals surface area contributed by atoms with Crippen molar-refractivity contribution in [3.05, 3.63) is 65.7 Å². The van der Waals surface area contributed by atoms with Crippen LogP contribution in [0.2, 0.25) is 0 Å². The number of benzene rings is 2. The number of esters is 1. The molecular weight excluding hydrogens is 428 g/mol. The standard InChI is InChI=1S/C24H30N2O5S/c1-25(18-21-8-4-2-5-9-21)23(27)19-31-24(28)15-12-20-10-13-22(14-11-20)32(29,30)26-16-6-3-7-17-26/h2,4-5,8-11,13-14H,3,6-7,12,15-19H2,1H3. The highest BCUT2D eigenvalue weighted by molar-refractivity contribution is 7.89. The molecule has 8 heteroatoms. The van der Waals surface area contributed by atoms with Gasteiger partial charge in [0.15, 0.2) is 6.61 Å². The van der Waals surface area contributed by atoms with Crippen molar-refractivity contribution in [1.29, 1.82) is 0 Å². The molecule has 172 valence electrons. The van der Waals surface area contributed by atoms with Crippen LogP contribution in [0.1, 0.15) is 36.8 Å². The van der Waals surface area contributed by atoms with Crippen molar-refractivity contribution in [3.63, 3.8) is 0 Å². The van der Waals surface area contributed by atoms with Crippen molar-refractivity contribution in [2.45, 2.75) is 43.5 Å². The summed E-state index contributed by atoms with van der Waals surface area (Å²) in [5, 5.41) is 0. The van der Waals surface area contributed by atoms with Crippen LogP contribution in [0, 0.1) is 0 Å². The normalized spacial score (nSPS) is 14.7. The largest absolute Gasteiger partial charge is 0.456 e.